The van der Waals surface area contributed by atoms with E-state index in [0.29, 0.717) is 18.8 Å². The SMILES string of the molecule is CCCCNc1cccc(COc2c(Br)cc(CCC(=O)O)cc2Br)c1. The molecule has 4 nitrogen and oxygen atoms in total. The third-order valence-electron chi connectivity index (χ3n) is 3.86. The minimum atomic E-state index is -0.801. The van der Waals surface area contributed by atoms with E-state index < -0.39 is 5.97 Å². The van der Waals surface area contributed by atoms with Crippen LogP contribution in [-0.2, 0) is 17.8 Å². The molecule has 0 radical (unpaired) electrons. The van der Waals surface area contributed by atoms with Crippen molar-refractivity contribution in [3.8, 4) is 5.75 Å². The number of carbonyl (C=O) groups is 1. The fourth-order valence-corrected chi connectivity index (χ4v) is 3.99. The number of carboxylic acids is 1. The van der Waals surface area contributed by atoms with E-state index in [1.807, 2.05) is 24.3 Å². The molecule has 0 aliphatic carbocycles. The summed E-state index contributed by atoms with van der Waals surface area (Å²) in [5.41, 5.74) is 3.13. The van der Waals surface area contributed by atoms with Gasteiger partial charge in [-0.15, -0.1) is 0 Å². The number of hydrogen-bond acceptors (Lipinski definition) is 3. The molecule has 0 fully saturated rings. The lowest BCUT2D eigenvalue weighted by Crippen LogP contribution is -2.03. The Labute approximate surface area is 171 Å². The topological polar surface area (TPSA) is 58.6 Å². The molecule has 2 N–H and O–H groups in total. The van der Waals surface area contributed by atoms with E-state index in [0.717, 1.165) is 38.7 Å². The van der Waals surface area contributed by atoms with Crippen molar-refractivity contribution in [3.63, 3.8) is 0 Å². The quantitative estimate of drug-likeness (QED) is 0.405. The van der Waals surface area contributed by atoms with Gasteiger partial charge >= 0.3 is 5.97 Å². The molecule has 2 aromatic carbocycles. The third kappa shape index (κ3) is 6.65. The van der Waals surface area contributed by atoms with Crippen LogP contribution in [0.15, 0.2) is 45.3 Å². The second-order valence-corrected chi connectivity index (χ2v) is 7.76. The number of nitrogens with one attached hydrogen (secondary N) is 1. The summed E-state index contributed by atoms with van der Waals surface area (Å²) in [5, 5.41) is 12.2. The number of rotatable bonds is 10. The van der Waals surface area contributed by atoms with Crippen LogP contribution in [0.2, 0.25) is 0 Å². The lowest BCUT2D eigenvalue weighted by molar-refractivity contribution is -0.136. The van der Waals surface area contributed by atoms with Gasteiger partial charge < -0.3 is 15.2 Å². The summed E-state index contributed by atoms with van der Waals surface area (Å²) < 4.78 is 7.60. The number of anilines is 1. The summed E-state index contributed by atoms with van der Waals surface area (Å²) in [4.78, 5) is 10.7. The second kappa shape index (κ2) is 10.6. The van der Waals surface area contributed by atoms with Gasteiger partial charge in [0.2, 0.25) is 0 Å². The van der Waals surface area contributed by atoms with Gasteiger partial charge in [-0.3, -0.25) is 4.79 Å². The number of unbranched alkanes of at least 4 members (excludes halogenated alkanes) is 1. The lowest BCUT2D eigenvalue weighted by atomic mass is 10.1. The van der Waals surface area contributed by atoms with Crippen molar-refractivity contribution in [1.29, 1.82) is 0 Å². The summed E-state index contributed by atoms with van der Waals surface area (Å²) in [6.45, 7) is 3.60. The Morgan fingerprint density at radius 1 is 1.15 bits per heavy atom. The summed E-state index contributed by atoms with van der Waals surface area (Å²) in [6.07, 6.45) is 2.91. The van der Waals surface area contributed by atoms with Gasteiger partial charge in [0.25, 0.3) is 0 Å². The van der Waals surface area contributed by atoms with E-state index in [9.17, 15) is 4.79 Å². The van der Waals surface area contributed by atoms with E-state index in [2.05, 4.69) is 56.2 Å². The molecule has 0 aliphatic rings. The maximum atomic E-state index is 10.7. The van der Waals surface area contributed by atoms with Crippen LogP contribution < -0.4 is 10.1 Å². The Balaban J connectivity index is 2.00. The van der Waals surface area contributed by atoms with E-state index in [4.69, 9.17) is 9.84 Å². The highest BCUT2D eigenvalue weighted by Gasteiger charge is 2.10. The van der Waals surface area contributed by atoms with Crippen molar-refractivity contribution in [2.24, 2.45) is 0 Å². The predicted molar refractivity (Wildman–Crippen MR) is 112 cm³/mol. The fourth-order valence-electron chi connectivity index (χ4n) is 2.48. The van der Waals surface area contributed by atoms with Crippen molar-refractivity contribution in [2.45, 2.75) is 39.2 Å². The van der Waals surface area contributed by atoms with Crippen LogP contribution in [0.3, 0.4) is 0 Å². The normalized spacial score (nSPS) is 10.6. The first kappa shape index (κ1) is 20.8. The molecule has 0 atom stereocenters. The van der Waals surface area contributed by atoms with E-state index in [1.54, 1.807) is 0 Å². The molecular weight excluding hydrogens is 462 g/mol. The Kier molecular flexibility index (Phi) is 8.45. The molecule has 0 unspecified atom stereocenters. The first-order valence-corrected chi connectivity index (χ1v) is 10.2. The largest absolute Gasteiger partial charge is 0.487 e. The maximum absolute atomic E-state index is 10.7. The molecule has 0 aromatic heterocycles. The highest BCUT2D eigenvalue weighted by molar-refractivity contribution is 9.11. The molecule has 0 spiro atoms. The van der Waals surface area contributed by atoms with E-state index in [-0.39, 0.29) is 6.42 Å². The molecule has 0 aliphatic heterocycles. The number of aryl methyl sites for hydroxylation is 1. The van der Waals surface area contributed by atoms with Crippen LogP contribution in [0.4, 0.5) is 5.69 Å². The van der Waals surface area contributed by atoms with E-state index >= 15 is 0 Å². The number of benzene rings is 2. The molecule has 0 amide bonds. The van der Waals surface area contributed by atoms with Crippen LogP contribution in [-0.4, -0.2) is 17.6 Å². The van der Waals surface area contributed by atoms with Gasteiger partial charge in [0.15, 0.2) is 0 Å². The Morgan fingerprint density at radius 3 is 2.54 bits per heavy atom. The van der Waals surface area contributed by atoms with Gasteiger partial charge in [-0.05, 0) is 80.1 Å². The average Bonchev–Trinajstić information content (AvgIpc) is 2.60. The lowest BCUT2D eigenvalue weighted by Gasteiger charge is -2.13. The Bertz CT molecular complexity index is 727. The monoisotopic (exact) mass is 483 g/mol. The molecule has 2 rings (SSSR count). The van der Waals surface area contributed by atoms with Gasteiger partial charge in [0.1, 0.15) is 12.4 Å². The molecule has 2 aromatic rings. The van der Waals surface area contributed by atoms with Crippen molar-refractivity contribution < 1.29 is 14.6 Å². The van der Waals surface area contributed by atoms with Gasteiger partial charge in [0, 0.05) is 18.7 Å². The minimum absolute atomic E-state index is 0.108. The van der Waals surface area contributed by atoms with Crippen LogP contribution in [0, 0.1) is 0 Å². The zero-order valence-electron chi connectivity index (χ0n) is 14.7. The molecule has 0 bridgehead atoms. The van der Waals surface area contributed by atoms with Crippen LogP contribution in [0.5, 0.6) is 5.75 Å². The summed E-state index contributed by atoms with van der Waals surface area (Å²) in [5.74, 6) is -0.0848. The zero-order valence-corrected chi connectivity index (χ0v) is 17.9. The van der Waals surface area contributed by atoms with Gasteiger partial charge in [0.05, 0.1) is 8.95 Å². The minimum Gasteiger partial charge on any atom is -0.487 e. The standard InChI is InChI=1S/C20H23Br2NO3/c1-2-3-9-23-16-6-4-5-15(10-16)13-26-20-17(21)11-14(12-18(20)22)7-8-19(24)25/h4-6,10-12,23H,2-3,7-9,13H2,1H3,(H,24,25). The molecule has 0 saturated carbocycles. The number of carboxylic acid groups (broad SMARTS) is 1. The van der Waals surface area contributed by atoms with Gasteiger partial charge in [-0.1, -0.05) is 25.5 Å². The number of ether oxygens (including phenoxy) is 1. The van der Waals surface area contributed by atoms with Gasteiger partial charge in [-0.2, -0.15) is 0 Å². The fraction of sp³-hybridized carbons (Fsp3) is 0.350. The Morgan fingerprint density at radius 2 is 1.88 bits per heavy atom. The predicted octanol–water partition coefficient (Wildman–Crippen LogP) is 6.02. The summed E-state index contributed by atoms with van der Waals surface area (Å²) in [7, 11) is 0. The average molecular weight is 485 g/mol. The number of aliphatic carboxylic acids is 1. The summed E-state index contributed by atoms with van der Waals surface area (Å²) in [6, 6.07) is 12.0. The first-order chi connectivity index (χ1) is 12.5. The molecule has 26 heavy (non-hydrogen) atoms. The molecule has 6 heteroatoms. The van der Waals surface area contributed by atoms with Gasteiger partial charge in [-0.25, -0.2) is 0 Å². The first-order valence-electron chi connectivity index (χ1n) is 8.65. The number of halogens is 2. The van der Waals surface area contributed by atoms with Crippen molar-refractivity contribution in [2.75, 3.05) is 11.9 Å². The second-order valence-electron chi connectivity index (χ2n) is 6.05. The van der Waals surface area contributed by atoms with Crippen molar-refractivity contribution in [1.82, 2.24) is 0 Å². The van der Waals surface area contributed by atoms with E-state index in [1.165, 1.54) is 6.42 Å². The highest BCUT2D eigenvalue weighted by atomic mass is 79.9. The van der Waals surface area contributed by atoms with Crippen molar-refractivity contribution in [3.05, 3.63) is 56.5 Å². The molecule has 0 heterocycles. The van der Waals surface area contributed by atoms with Crippen molar-refractivity contribution >= 4 is 43.5 Å². The van der Waals surface area contributed by atoms with Crippen LogP contribution in [0.25, 0.3) is 0 Å². The number of hydrogen-bond donors (Lipinski definition) is 2. The summed E-state index contributed by atoms with van der Waals surface area (Å²) >= 11 is 7.04. The van der Waals surface area contributed by atoms with Crippen LogP contribution >= 0.6 is 31.9 Å². The third-order valence-corrected chi connectivity index (χ3v) is 5.03. The Hall–Kier alpha value is -1.53. The highest BCUT2D eigenvalue weighted by Crippen LogP contribution is 2.35. The maximum Gasteiger partial charge on any atom is 0.303 e. The molecule has 0 saturated heterocycles. The molecular formula is C20H23Br2NO3. The smallest absolute Gasteiger partial charge is 0.303 e. The zero-order chi connectivity index (χ0) is 18.9. The molecule has 140 valence electrons. The van der Waals surface area contributed by atoms with Crippen LogP contribution in [0.1, 0.15) is 37.3 Å².